The van der Waals surface area contributed by atoms with Crippen molar-refractivity contribution in [2.24, 2.45) is 0 Å². The molecule has 0 aromatic heterocycles. The molecule has 0 bridgehead atoms. The summed E-state index contributed by atoms with van der Waals surface area (Å²) in [5.74, 6) is 10.4. The maximum Gasteiger partial charge on any atom is 0.338 e. The van der Waals surface area contributed by atoms with E-state index in [0.29, 0.717) is 44.9 Å². The van der Waals surface area contributed by atoms with Crippen LogP contribution in [0.1, 0.15) is 61.9 Å². The highest BCUT2D eigenvalue weighted by Gasteiger charge is 2.25. The van der Waals surface area contributed by atoms with Crippen molar-refractivity contribution in [3.8, 4) is 57.8 Å². The van der Waals surface area contributed by atoms with E-state index in [1.165, 1.54) is 34.0 Å². The van der Waals surface area contributed by atoms with Gasteiger partial charge in [0, 0.05) is 44.5 Å². The van der Waals surface area contributed by atoms with E-state index < -0.39 is 30.6 Å². The van der Waals surface area contributed by atoms with Crippen molar-refractivity contribution >= 4 is 23.9 Å². The molecule has 0 fully saturated rings. The van der Waals surface area contributed by atoms with Crippen LogP contribution in [0.3, 0.4) is 0 Å². The molecule has 0 amide bonds. The Bertz CT molecular complexity index is 2500. The monoisotopic (exact) mass is 822 g/mol. The second kappa shape index (κ2) is 22.3. The van der Waals surface area contributed by atoms with Crippen molar-refractivity contribution in [1.82, 2.24) is 0 Å². The lowest BCUT2D eigenvalue weighted by Crippen LogP contribution is -2.15. The Morgan fingerprint density at radius 1 is 0.623 bits per heavy atom. The summed E-state index contributed by atoms with van der Waals surface area (Å²) in [5, 5.41) is 0. The third-order valence-electron chi connectivity index (χ3n) is 8.14. The zero-order chi connectivity index (χ0) is 44.5. The van der Waals surface area contributed by atoms with Crippen LogP contribution >= 0.6 is 0 Å². The summed E-state index contributed by atoms with van der Waals surface area (Å²) >= 11 is 0. The molecule has 11 heteroatoms. The second-order valence-electron chi connectivity index (χ2n) is 13.4. The average molecular weight is 823 g/mol. The Balaban J connectivity index is 1.72. The van der Waals surface area contributed by atoms with Gasteiger partial charge < -0.3 is 28.4 Å². The van der Waals surface area contributed by atoms with Crippen molar-refractivity contribution in [2.45, 2.75) is 40.5 Å². The molecule has 0 radical (unpaired) electrons. The summed E-state index contributed by atoms with van der Waals surface area (Å²) in [7, 11) is 0. The number of rotatable bonds is 16. The molecule has 0 saturated carbocycles. The highest BCUT2D eigenvalue weighted by Crippen LogP contribution is 2.41. The van der Waals surface area contributed by atoms with Gasteiger partial charge in [0.1, 0.15) is 29.6 Å². The number of esters is 4. The molecule has 4 aromatic rings. The first kappa shape index (κ1) is 45.8. The number of alkyl halides is 1. The highest BCUT2D eigenvalue weighted by atomic mass is 19.1. The van der Waals surface area contributed by atoms with Gasteiger partial charge in [0.05, 0.1) is 6.67 Å². The molecule has 0 N–H and O–H groups in total. The molecule has 0 spiro atoms. The Hall–Kier alpha value is -7.89. The Kier molecular flexibility index (Phi) is 16.8. The SMILES string of the molecule is C=C(C)C(=O)O/C=C/Oc1ccc(C#Cc2ccc(-c3cc(OC(=O)C(=C)C)c(C#Cc4ccc(OCOC(=O)C(=C)C)cc4)c(OC(=O)C(=C)C)c3CCCF)cc2)cc1. The van der Waals surface area contributed by atoms with Gasteiger partial charge in [-0.3, -0.25) is 4.39 Å². The van der Waals surface area contributed by atoms with E-state index in [1.54, 1.807) is 78.9 Å². The normalized spacial score (nSPS) is 10.2. The fourth-order valence-corrected chi connectivity index (χ4v) is 4.94. The van der Waals surface area contributed by atoms with E-state index in [4.69, 9.17) is 28.4 Å². The standard InChI is InChI=1S/C50H43FO10/c1-32(2)47(52)57-29-28-56-40-22-15-37(16-23-40)12-11-36-13-20-39(21-14-36)44-30-45(60-49(54)34(5)6)43(46(42(44)10-9-27-51)61-50(55)35(7)8)26-19-38-17-24-41(25-18-38)58-31-59-48(53)33(3)4/h13-18,20-25,28-30H,1,3,5,7,9-10,27,31H2,2,4,6,8H3/b29-28+. The third-order valence-corrected chi connectivity index (χ3v) is 8.14. The molecule has 4 rings (SSSR count). The van der Waals surface area contributed by atoms with Gasteiger partial charge in [0.15, 0.2) is 11.5 Å². The van der Waals surface area contributed by atoms with Gasteiger partial charge in [-0.1, -0.05) is 62.1 Å². The first-order chi connectivity index (χ1) is 29.2. The van der Waals surface area contributed by atoms with Crippen molar-refractivity contribution < 1.29 is 52.0 Å². The number of ether oxygens (including phenoxy) is 6. The van der Waals surface area contributed by atoms with Crippen LogP contribution in [0.25, 0.3) is 11.1 Å². The molecular formula is C50H43FO10. The predicted octanol–water partition coefficient (Wildman–Crippen LogP) is 9.44. The largest absolute Gasteiger partial charge is 0.462 e. The van der Waals surface area contributed by atoms with E-state index >= 15 is 0 Å². The summed E-state index contributed by atoms with van der Waals surface area (Å²) in [6, 6.07) is 22.3. The number of benzene rings is 4. The number of carbonyl (C=O) groups is 4. The molecule has 0 atom stereocenters. The molecule has 0 aliphatic rings. The average Bonchev–Trinajstić information content (AvgIpc) is 3.24. The number of hydrogen-bond donors (Lipinski definition) is 0. The summed E-state index contributed by atoms with van der Waals surface area (Å²) in [6.07, 6.45) is 2.58. The molecule has 61 heavy (non-hydrogen) atoms. The topological polar surface area (TPSA) is 124 Å². The van der Waals surface area contributed by atoms with E-state index in [-0.39, 0.29) is 59.0 Å². The minimum atomic E-state index is -0.765. The van der Waals surface area contributed by atoms with Crippen LogP contribution in [0.2, 0.25) is 0 Å². The number of halogens is 1. The van der Waals surface area contributed by atoms with Gasteiger partial charge >= 0.3 is 23.9 Å². The van der Waals surface area contributed by atoms with Gasteiger partial charge in [0.2, 0.25) is 6.79 Å². The lowest BCUT2D eigenvalue weighted by molar-refractivity contribution is -0.145. The third kappa shape index (κ3) is 13.9. The van der Waals surface area contributed by atoms with Crippen LogP contribution in [0, 0.1) is 23.7 Å². The minimum absolute atomic E-state index is 0.0186. The van der Waals surface area contributed by atoms with Gasteiger partial charge in [-0.25, -0.2) is 19.2 Å². The first-order valence-electron chi connectivity index (χ1n) is 18.7. The minimum Gasteiger partial charge on any atom is -0.462 e. The van der Waals surface area contributed by atoms with E-state index in [0.717, 1.165) is 6.26 Å². The molecule has 0 saturated heterocycles. The van der Waals surface area contributed by atoms with Crippen molar-refractivity contribution in [3.63, 3.8) is 0 Å². The van der Waals surface area contributed by atoms with Crippen LogP contribution in [0.15, 0.2) is 140 Å². The summed E-state index contributed by atoms with van der Waals surface area (Å²) in [4.78, 5) is 49.3. The molecule has 310 valence electrons. The zero-order valence-electron chi connectivity index (χ0n) is 34.3. The maximum absolute atomic E-state index is 13.8. The summed E-state index contributed by atoms with van der Waals surface area (Å²) < 4.78 is 46.3. The molecule has 0 heterocycles. The van der Waals surface area contributed by atoms with Crippen LogP contribution < -0.4 is 18.9 Å². The quantitative estimate of drug-likeness (QED) is 0.0270. The van der Waals surface area contributed by atoms with Gasteiger partial charge in [-0.05, 0) is 118 Å². The van der Waals surface area contributed by atoms with E-state index in [2.05, 4.69) is 50.0 Å². The molecule has 10 nitrogen and oxygen atoms in total. The lowest BCUT2D eigenvalue weighted by atomic mass is 9.92. The first-order valence-corrected chi connectivity index (χ1v) is 18.7. The summed E-state index contributed by atoms with van der Waals surface area (Å²) in [5.41, 5.74) is 4.23. The Labute approximate surface area is 354 Å². The van der Waals surface area contributed by atoms with Crippen molar-refractivity contribution in [1.29, 1.82) is 0 Å². The van der Waals surface area contributed by atoms with Gasteiger partial charge in [-0.15, -0.1) is 0 Å². The van der Waals surface area contributed by atoms with Crippen LogP contribution in [-0.4, -0.2) is 37.3 Å². The fourth-order valence-electron chi connectivity index (χ4n) is 4.94. The number of carbonyl (C=O) groups excluding carboxylic acids is 4. The number of hydrogen-bond acceptors (Lipinski definition) is 10. The van der Waals surface area contributed by atoms with E-state index in [1.807, 2.05) is 0 Å². The van der Waals surface area contributed by atoms with E-state index in [9.17, 15) is 23.6 Å². The molecule has 0 unspecified atom stereocenters. The molecule has 0 aliphatic heterocycles. The van der Waals surface area contributed by atoms with Gasteiger partial charge in [-0.2, -0.15) is 0 Å². The van der Waals surface area contributed by atoms with Crippen LogP contribution in [-0.2, 0) is 35.1 Å². The molecule has 4 aromatic carbocycles. The second-order valence-corrected chi connectivity index (χ2v) is 13.4. The van der Waals surface area contributed by atoms with Crippen molar-refractivity contribution in [3.05, 3.63) is 168 Å². The van der Waals surface area contributed by atoms with Gasteiger partial charge in [0.25, 0.3) is 0 Å². The summed E-state index contributed by atoms with van der Waals surface area (Å²) in [6.45, 7) is 19.5. The van der Waals surface area contributed by atoms with Crippen molar-refractivity contribution in [2.75, 3.05) is 13.5 Å². The Morgan fingerprint density at radius 2 is 1.13 bits per heavy atom. The smallest absolute Gasteiger partial charge is 0.338 e. The lowest BCUT2D eigenvalue weighted by Gasteiger charge is -2.20. The van der Waals surface area contributed by atoms with Crippen LogP contribution in [0.4, 0.5) is 4.39 Å². The molecular weight excluding hydrogens is 780 g/mol. The molecule has 0 aliphatic carbocycles. The predicted molar refractivity (Wildman–Crippen MR) is 229 cm³/mol. The Morgan fingerprint density at radius 3 is 1.67 bits per heavy atom. The highest BCUT2D eigenvalue weighted by molar-refractivity contribution is 5.92. The van der Waals surface area contributed by atoms with Crippen LogP contribution in [0.5, 0.6) is 23.0 Å². The fraction of sp³-hybridized carbons (Fsp3) is 0.160. The zero-order valence-corrected chi connectivity index (χ0v) is 34.3. The maximum atomic E-state index is 13.8.